The first-order chi connectivity index (χ1) is 15.8. The number of aromatic nitrogens is 3. The molecule has 0 radical (unpaired) electrons. The van der Waals surface area contributed by atoms with E-state index in [0.717, 1.165) is 5.56 Å². The number of halogens is 1. The van der Waals surface area contributed by atoms with E-state index < -0.39 is 21.6 Å². The highest BCUT2D eigenvalue weighted by atomic mass is 32.2. The summed E-state index contributed by atoms with van der Waals surface area (Å²) in [5, 5.41) is 7.74. The third-order valence-electron chi connectivity index (χ3n) is 5.83. The Morgan fingerprint density at radius 3 is 2.55 bits per heavy atom. The van der Waals surface area contributed by atoms with Crippen LogP contribution in [0.1, 0.15) is 28.5 Å². The van der Waals surface area contributed by atoms with Gasteiger partial charge in [0.1, 0.15) is 5.82 Å². The van der Waals surface area contributed by atoms with Crippen LogP contribution in [0.3, 0.4) is 0 Å². The van der Waals surface area contributed by atoms with E-state index in [1.54, 1.807) is 29.8 Å². The van der Waals surface area contributed by atoms with Gasteiger partial charge >= 0.3 is 0 Å². The number of aryl methyl sites for hydroxylation is 1. The molecule has 1 amide bonds. The lowest BCUT2D eigenvalue weighted by Crippen LogP contribution is -2.15. The number of anilines is 1. The van der Waals surface area contributed by atoms with E-state index in [4.69, 9.17) is 4.98 Å². The minimum Gasteiger partial charge on any atom is -0.319 e. The average Bonchev–Trinajstić information content (AvgIpc) is 3.34. The van der Waals surface area contributed by atoms with Crippen molar-refractivity contribution in [3.05, 3.63) is 77.7 Å². The molecule has 1 N–H and O–H groups in total. The van der Waals surface area contributed by atoms with Gasteiger partial charge in [0.05, 0.1) is 45.6 Å². The van der Waals surface area contributed by atoms with Crippen molar-refractivity contribution in [3.8, 4) is 11.3 Å². The number of rotatable bonds is 4. The van der Waals surface area contributed by atoms with E-state index in [9.17, 15) is 17.6 Å². The molecule has 3 heterocycles. The van der Waals surface area contributed by atoms with Gasteiger partial charge in [0.15, 0.2) is 15.5 Å². The summed E-state index contributed by atoms with van der Waals surface area (Å²) < 4.78 is 40.0. The van der Waals surface area contributed by atoms with E-state index in [2.05, 4.69) is 10.4 Å². The maximum atomic E-state index is 14.2. The molecule has 2 aromatic heterocycles. The Kier molecular flexibility index (Phi) is 5.20. The maximum absolute atomic E-state index is 14.2. The Balaban J connectivity index is 1.69. The van der Waals surface area contributed by atoms with Crippen LogP contribution in [0.5, 0.6) is 0 Å². The molecule has 0 saturated carbocycles. The molecule has 1 aliphatic rings. The van der Waals surface area contributed by atoms with Crippen molar-refractivity contribution in [1.29, 1.82) is 0 Å². The summed E-state index contributed by atoms with van der Waals surface area (Å²) in [6, 6.07) is 16.6. The maximum Gasteiger partial charge on any atom is 0.256 e. The molecule has 1 unspecified atom stereocenters. The van der Waals surface area contributed by atoms with Gasteiger partial charge in [0.25, 0.3) is 5.91 Å². The van der Waals surface area contributed by atoms with Crippen molar-refractivity contribution >= 4 is 32.5 Å². The van der Waals surface area contributed by atoms with Gasteiger partial charge in [-0.05, 0) is 31.5 Å². The molecule has 7 nitrogen and oxygen atoms in total. The normalized spacial score (nSPS) is 17.3. The largest absolute Gasteiger partial charge is 0.319 e. The molecule has 168 valence electrons. The molecule has 4 aromatic rings. The first-order valence-corrected chi connectivity index (χ1v) is 12.4. The monoisotopic (exact) mass is 464 g/mol. The Hall–Kier alpha value is -3.59. The zero-order chi connectivity index (χ0) is 23.2. The number of carbonyl (C=O) groups excluding carboxylic acids is 1. The average molecular weight is 465 g/mol. The first kappa shape index (κ1) is 21.3. The van der Waals surface area contributed by atoms with Crippen molar-refractivity contribution in [2.45, 2.75) is 19.4 Å². The van der Waals surface area contributed by atoms with E-state index in [0.29, 0.717) is 34.4 Å². The topological polar surface area (TPSA) is 93.9 Å². The van der Waals surface area contributed by atoms with Crippen LogP contribution in [-0.4, -0.2) is 40.6 Å². The fourth-order valence-corrected chi connectivity index (χ4v) is 5.92. The third kappa shape index (κ3) is 4.00. The van der Waals surface area contributed by atoms with Crippen LogP contribution in [0.2, 0.25) is 0 Å². The number of hydrogen-bond acceptors (Lipinski definition) is 5. The van der Waals surface area contributed by atoms with Crippen molar-refractivity contribution in [3.63, 3.8) is 0 Å². The fraction of sp³-hybridized carbons (Fsp3) is 0.208. The SMILES string of the molecule is Cc1nn(C2CCS(=O)(=O)C2)c2nc(-c3ccccc3)cc(C(=O)Nc3ccccc3F)c12. The standard InChI is InChI=1S/C24H21FN4O3S/c1-15-22-18(24(30)27-20-10-6-5-9-19(20)25)13-21(16-7-3-2-4-8-16)26-23(22)29(28-15)17-11-12-33(31,32)14-17/h2-10,13,17H,11-12,14H2,1H3,(H,27,30). The van der Waals surface area contributed by atoms with Crippen LogP contribution in [0.15, 0.2) is 60.7 Å². The van der Waals surface area contributed by atoms with Gasteiger partial charge in [-0.2, -0.15) is 5.10 Å². The van der Waals surface area contributed by atoms with Crippen LogP contribution in [0.25, 0.3) is 22.3 Å². The number of para-hydroxylation sites is 1. The van der Waals surface area contributed by atoms with Crippen LogP contribution in [0, 0.1) is 12.7 Å². The summed E-state index contributed by atoms with van der Waals surface area (Å²) in [6.07, 6.45) is 0.437. The molecule has 0 spiro atoms. The number of fused-ring (bicyclic) bond motifs is 1. The number of sulfone groups is 1. The molecular formula is C24H21FN4O3S. The molecule has 1 aliphatic heterocycles. The Morgan fingerprint density at radius 2 is 1.85 bits per heavy atom. The first-order valence-electron chi connectivity index (χ1n) is 10.5. The molecule has 9 heteroatoms. The third-order valence-corrected chi connectivity index (χ3v) is 7.58. The van der Waals surface area contributed by atoms with Gasteiger partial charge in [0, 0.05) is 5.56 Å². The predicted molar refractivity (Wildman–Crippen MR) is 124 cm³/mol. The second kappa shape index (κ2) is 8.08. The summed E-state index contributed by atoms with van der Waals surface area (Å²) in [4.78, 5) is 18.1. The Bertz CT molecular complexity index is 1480. The Labute approximate surface area is 190 Å². The number of hydrogen-bond donors (Lipinski definition) is 1. The zero-order valence-corrected chi connectivity index (χ0v) is 18.6. The summed E-state index contributed by atoms with van der Waals surface area (Å²) in [5.74, 6) is -0.955. The van der Waals surface area contributed by atoms with Crippen molar-refractivity contribution in [2.75, 3.05) is 16.8 Å². The second-order valence-corrected chi connectivity index (χ2v) is 10.4. The van der Waals surface area contributed by atoms with Crippen LogP contribution in [0.4, 0.5) is 10.1 Å². The lowest BCUT2D eigenvalue weighted by atomic mass is 10.0. The summed E-state index contributed by atoms with van der Waals surface area (Å²) in [6.45, 7) is 1.76. The molecule has 0 bridgehead atoms. The molecule has 1 saturated heterocycles. The smallest absolute Gasteiger partial charge is 0.256 e. The van der Waals surface area contributed by atoms with Gasteiger partial charge < -0.3 is 5.32 Å². The molecule has 1 atom stereocenters. The molecule has 1 fully saturated rings. The predicted octanol–water partition coefficient (Wildman–Crippen LogP) is 4.16. The van der Waals surface area contributed by atoms with E-state index >= 15 is 0 Å². The number of amides is 1. The molecule has 5 rings (SSSR count). The van der Waals surface area contributed by atoms with E-state index in [-0.39, 0.29) is 23.2 Å². The molecular weight excluding hydrogens is 443 g/mol. The minimum atomic E-state index is -3.15. The zero-order valence-electron chi connectivity index (χ0n) is 17.8. The number of pyridine rings is 1. The van der Waals surface area contributed by atoms with E-state index in [1.165, 1.54) is 12.1 Å². The fourth-order valence-electron chi connectivity index (χ4n) is 4.22. The number of nitrogens with zero attached hydrogens (tertiary/aromatic N) is 3. The van der Waals surface area contributed by atoms with Crippen molar-refractivity contribution in [2.24, 2.45) is 0 Å². The van der Waals surface area contributed by atoms with Gasteiger partial charge in [-0.1, -0.05) is 42.5 Å². The summed E-state index contributed by atoms with van der Waals surface area (Å²) in [5.41, 5.74) is 2.70. The lowest BCUT2D eigenvalue weighted by Gasteiger charge is -2.12. The number of nitrogens with one attached hydrogen (secondary N) is 1. The van der Waals surface area contributed by atoms with Gasteiger partial charge in [-0.25, -0.2) is 22.5 Å². The highest BCUT2D eigenvalue weighted by Crippen LogP contribution is 2.32. The molecule has 2 aromatic carbocycles. The van der Waals surface area contributed by atoms with Crippen LogP contribution in [-0.2, 0) is 9.84 Å². The molecule has 0 aliphatic carbocycles. The van der Waals surface area contributed by atoms with Gasteiger partial charge in [-0.3, -0.25) is 4.79 Å². The van der Waals surface area contributed by atoms with Crippen molar-refractivity contribution in [1.82, 2.24) is 14.8 Å². The highest BCUT2D eigenvalue weighted by Gasteiger charge is 2.32. The molecule has 33 heavy (non-hydrogen) atoms. The summed E-state index contributed by atoms with van der Waals surface area (Å²) >= 11 is 0. The second-order valence-electron chi connectivity index (χ2n) is 8.14. The number of benzene rings is 2. The van der Waals surface area contributed by atoms with Gasteiger partial charge in [-0.15, -0.1) is 0 Å². The van der Waals surface area contributed by atoms with Gasteiger partial charge in [0.2, 0.25) is 0 Å². The minimum absolute atomic E-state index is 0.0166. The lowest BCUT2D eigenvalue weighted by molar-refractivity contribution is 0.102. The van der Waals surface area contributed by atoms with Crippen LogP contribution < -0.4 is 5.32 Å². The number of carbonyl (C=O) groups is 1. The Morgan fingerprint density at radius 1 is 1.12 bits per heavy atom. The summed E-state index contributed by atoms with van der Waals surface area (Å²) in [7, 11) is -3.15. The van der Waals surface area contributed by atoms with E-state index in [1.807, 2.05) is 30.3 Å². The quantitative estimate of drug-likeness (QED) is 0.490. The highest BCUT2D eigenvalue weighted by molar-refractivity contribution is 7.91. The van der Waals surface area contributed by atoms with Crippen LogP contribution >= 0.6 is 0 Å². The van der Waals surface area contributed by atoms with Crippen molar-refractivity contribution < 1.29 is 17.6 Å².